The van der Waals surface area contributed by atoms with Crippen molar-refractivity contribution in [2.45, 2.75) is 26.2 Å². The maximum atomic E-state index is 12.2. The summed E-state index contributed by atoms with van der Waals surface area (Å²) in [6.07, 6.45) is 0. The molecule has 0 aliphatic carbocycles. The summed E-state index contributed by atoms with van der Waals surface area (Å²) in [4.78, 5) is 34.6. The number of hydrogen-bond donors (Lipinski definition) is 2. The number of hydrogen-bond acceptors (Lipinski definition) is 4. The van der Waals surface area contributed by atoms with Crippen molar-refractivity contribution in [3.05, 3.63) is 63.2 Å². The van der Waals surface area contributed by atoms with Crippen LogP contribution in [0.4, 0.5) is 17.1 Å². The number of nitrogens with zero attached hydrogens (tertiary/aromatic N) is 1. The second-order valence-corrected chi connectivity index (χ2v) is 7.03. The van der Waals surface area contributed by atoms with Crippen LogP contribution in [0.15, 0.2) is 42.5 Å². The van der Waals surface area contributed by atoms with E-state index in [2.05, 4.69) is 10.6 Å². The molecule has 0 aliphatic heterocycles. The summed E-state index contributed by atoms with van der Waals surface area (Å²) in [7, 11) is 0. The van der Waals surface area contributed by atoms with Crippen LogP contribution in [-0.4, -0.2) is 16.7 Å². The van der Waals surface area contributed by atoms with Crippen molar-refractivity contribution in [1.29, 1.82) is 0 Å². The van der Waals surface area contributed by atoms with Crippen molar-refractivity contribution in [1.82, 2.24) is 0 Å². The summed E-state index contributed by atoms with van der Waals surface area (Å²) >= 11 is 5.93. The molecule has 0 aliphatic rings. The minimum Gasteiger partial charge on any atom is -0.318 e. The first-order chi connectivity index (χ1) is 12.1. The van der Waals surface area contributed by atoms with Crippen LogP contribution in [0, 0.1) is 10.1 Å². The number of benzene rings is 2. The van der Waals surface area contributed by atoms with E-state index >= 15 is 0 Å². The zero-order valence-corrected chi connectivity index (χ0v) is 15.3. The minimum absolute atomic E-state index is 0.00915. The lowest BCUT2D eigenvalue weighted by atomic mass is 9.86. The molecule has 2 rings (SSSR count). The van der Waals surface area contributed by atoms with E-state index < -0.39 is 16.7 Å². The first kappa shape index (κ1) is 19.4. The Morgan fingerprint density at radius 1 is 1.00 bits per heavy atom. The molecule has 7 nitrogen and oxygen atoms in total. The molecule has 2 amide bonds. The number of carbonyl (C=O) groups is 2. The molecule has 0 atom stereocenters. The number of nitro benzene ring substituents is 1. The molecule has 136 valence electrons. The zero-order valence-electron chi connectivity index (χ0n) is 14.5. The fraction of sp³-hybridized carbons (Fsp3) is 0.222. The Bertz CT molecular complexity index is 875. The van der Waals surface area contributed by atoms with E-state index in [1.54, 1.807) is 12.1 Å². The molecule has 0 saturated carbocycles. The smallest absolute Gasteiger partial charge is 0.314 e. The third-order valence-electron chi connectivity index (χ3n) is 3.60. The molecular weight excluding hydrogens is 358 g/mol. The van der Waals surface area contributed by atoms with Gasteiger partial charge in [-0.1, -0.05) is 50.6 Å². The Morgan fingerprint density at radius 3 is 2.15 bits per heavy atom. The fourth-order valence-corrected chi connectivity index (χ4v) is 2.49. The van der Waals surface area contributed by atoms with Gasteiger partial charge in [0, 0.05) is 17.8 Å². The number of non-ortho nitro benzene ring substituents is 1. The van der Waals surface area contributed by atoms with Crippen LogP contribution in [-0.2, 0) is 15.0 Å². The van der Waals surface area contributed by atoms with E-state index in [0.717, 1.165) is 11.6 Å². The molecule has 0 spiro atoms. The average molecular weight is 376 g/mol. The zero-order chi connectivity index (χ0) is 19.5. The number of para-hydroxylation sites is 1. The lowest BCUT2D eigenvalue weighted by Crippen LogP contribution is -2.30. The number of rotatable bonds is 3. The molecule has 26 heavy (non-hydrogen) atoms. The molecule has 0 radical (unpaired) electrons. The molecule has 2 aromatic rings. The first-order valence-corrected chi connectivity index (χ1v) is 8.13. The predicted octanol–water partition coefficient (Wildman–Crippen LogP) is 4.12. The molecule has 8 heteroatoms. The summed E-state index contributed by atoms with van der Waals surface area (Å²) in [5.74, 6) is -1.87. The molecule has 0 unspecified atom stereocenters. The summed E-state index contributed by atoms with van der Waals surface area (Å²) in [6, 6.07) is 10.7. The van der Waals surface area contributed by atoms with Gasteiger partial charge in [0.2, 0.25) is 0 Å². The van der Waals surface area contributed by atoms with Crippen molar-refractivity contribution in [3.8, 4) is 0 Å². The highest BCUT2D eigenvalue weighted by Crippen LogP contribution is 2.29. The quantitative estimate of drug-likeness (QED) is 0.478. The second kappa shape index (κ2) is 7.53. The lowest BCUT2D eigenvalue weighted by molar-refractivity contribution is -0.384. The van der Waals surface area contributed by atoms with Gasteiger partial charge in [-0.25, -0.2) is 0 Å². The maximum Gasteiger partial charge on any atom is 0.314 e. The lowest BCUT2D eigenvalue weighted by Gasteiger charge is -2.22. The Balaban J connectivity index is 2.19. The maximum absolute atomic E-state index is 12.2. The van der Waals surface area contributed by atoms with Crippen LogP contribution in [0.25, 0.3) is 0 Å². The van der Waals surface area contributed by atoms with Gasteiger partial charge in [-0.3, -0.25) is 19.7 Å². The normalized spacial score (nSPS) is 10.9. The van der Waals surface area contributed by atoms with Gasteiger partial charge >= 0.3 is 11.8 Å². The molecular formula is C18H18ClN3O4. The van der Waals surface area contributed by atoms with Crippen LogP contribution in [0.2, 0.25) is 5.02 Å². The molecule has 2 aromatic carbocycles. The Hall–Kier alpha value is -2.93. The largest absolute Gasteiger partial charge is 0.318 e. The van der Waals surface area contributed by atoms with Crippen molar-refractivity contribution in [2.24, 2.45) is 0 Å². The van der Waals surface area contributed by atoms with Gasteiger partial charge < -0.3 is 10.6 Å². The Morgan fingerprint density at radius 2 is 1.58 bits per heavy atom. The van der Waals surface area contributed by atoms with Gasteiger partial charge in [-0.15, -0.1) is 0 Å². The fourth-order valence-electron chi connectivity index (χ4n) is 2.33. The molecule has 0 saturated heterocycles. The molecule has 0 fully saturated rings. The Kier molecular flexibility index (Phi) is 5.62. The minimum atomic E-state index is -0.976. The van der Waals surface area contributed by atoms with Crippen molar-refractivity contribution < 1.29 is 14.5 Å². The van der Waals surface area contributed by atoms with E-state index in [9.17, 15) is 19.7 Å². The van der Waals surface area contributed by atoms with Gasteiger partial charge in [0.25, 0.3) is 5.69 Å². The number of amides is 2. The van der Waals surface area contributed by atoms with Gasteiger partial charge in [-0.2, -0.15) is 0 Å². The third-order valence-corrected chi connectivity index (χ3v) is 3.93. The van der Waals surface area contributed by atoms with Gasteiger partial charge in [0.1, 0.15) is 0 Å². The predicted molar refractivity (Wildman–Crippen MR) is 101 cm³/mol. The SMILES string of the molecule is CC(C)(C)c1ccccc1NC(=O)C(=O)Nc1cc([N+](=O)[O-])ccc1Cl. The van der Waals surface area contributed by atoms with Gasteiger partial charge in [0.05, 0.1) is 15.6 Å². The Labute approximate surface area is 155 Å². The first-order valence-electron chi connectivity index (χ1n) is 7.75. The van der Waals surface area contributed by atoms with Crippen LogP contribution >= 0.6 is 11.6 Å². The van der Waals surface area contributed by atoms with E-state index in [1.807, 2.05) is 32.9 Å². The summed E-state index contributed by atoms with van der Waals surface area (Å²) in [6.45, 7) is 5.96. The van der Waals surface area contributed by atoms with Crippen molar-refractivity contribution in [3.63, 3.8) is 0 Å². The van der Waals surface area contributed by atoms with E-state index in [1.165, 1.54) is 12.1 Å². The monoisotopic (exact) mass is 375 g/mol. The summed E-state index contributed by atoms with van der Waals surface area (Å²) in [5, 5.41) is 15.8. The molecule has 0 heterocycles. The van der Waals surface area contributed by atoms with Crippen LogP contribution < -0.4 is 10.6 Å². The highest BCUT2D eigenvalue weighted by atomic mass is 35.5. The van der Waals surface area contributed by atoms with Gasteiger partial charge in [-0.05, 0) is 23.1 Å². The number of nitrogens with one attached hydrogen (secondary N) is 2. The van der Waals surface area contributed by atoms with Crippen LogP contribution in [0.3, 0.4) is 0 Å². The number of anilines is 2. The second-order valence-electron chi connectivity index (χ2n) is 6.63. The third kappa shape index (κ3) is 4.58. The number of halogens is 1. The summed E-state index contributed by atoms with van der Waals surface area (Å²) in [5.41, 5.74) is 0.900. The van der Waals surface area contributed by atoms with E-state index in [-0.39, 0.29) is 21.8 Å². The number of carbonyl (C=O) groups excluding carboxylic acids is 2. The van der Waals surface area contributed by atoms with Crippen molar-refractivity contribution in [2.75, 3.05) is 10.6 Å². The van der Waals surface area contributed by atoms with Crippen LogP contribution in [0.5, 0.6) is 0 Å². The topological polar surface area (TPSA) is 101 Å². The molecule has 2 N–H and O–H groups in total. The van der Waals surface area contributed by atoms with E-state index in [0.29, 0.717) is 5.69 Å². The van der Waals surface area contributed by atoms with Crippen molar-refractivity contribution >= 4 is 40.5 Å². The van der Waals surface area contributed by atoms with Crippen LogP contribution in [0.1, 0.15) is 26.3 Å². The molecule has 0 aromatic heterocycles. The highest BCUT2D eigenvalue weighted by Gasteiger charge is 2.22. The number of nitro groups is 1. The summed E-state index contributed by atoms with van der Waals surface area (Å²) < 4.78 is 0. The highest BCUT2D eigenvalue weighted by molar-refractivity contribution is 6.45. The molecule has 0 bridgehead atoms. The average Bonchev–Trinajstić information content (AvgIpc) is 2.56. The van der Waals surface area contributed by atoms with Gasteiger partial charge in [0.15, 0.2) is 0 Å². The standard InChI is InChI=1S/C18H18ClN3O4/c1-18(2,3)12-6-4-5-7-14(12)20-16(23)17(24)21-15-10-11(22(25)26)8-9-13(15)19/h4-10H,1-3H3,(H,20,23)(H,21,24). The van der Waals surface area contributed by atoms with E-state index in [4.69, 9.17) is 11.6 Å².